The number of hydrogen-bond acceptors (Lipinski definition) is 3. The molecule has 7 heteroatoms. The average Bonchev–Trinajstić information content (AvgIpc) is 3.12. The summed E-state index contributed by atoms with van der Waals surface area (Å²) >= 11 is 0. The maximum Gasteiger partial charge on any atom is 0.317 e. The highest BCUT2D eigenvalue weighted by molar-refractivity contribution is 7.89. The summed E-state index contributed by atoms with van der Waals surface area (Å²) in [4.78, 5) is 13.6. The van der Waals surface area contributed by atoms with Crippen LogP contribution in [0.25, 0.3) is 0 Å². The first-order chi connectivity index (χ1) is 8.96. The molecule has 2 rings (SSSR count). The van der Waals surface area contributed by atoms with Crippen LogP contribution < -0.4 is 10.0 Å². The second-order valence-corrected chi connectivity index (χ2v) is 7.49. The first-order valence-electron chi connectivity index (χ1n) is 6.99. The number of rotatable bonds is 5. The fourth-order valence-electron chi connectivity index (χ4n) is 2.13. The number of hydrogen-bond donors (Lipinski definition) is 2. The van der Waals surface area contributed by atoms with Crippen LogP contribution in [0.15, 0.2) is 0 Å². The van der Waals surface area contributed by atoms with Crippen LogP contribution >= 0.6 is 0 Å². The lowest BCUT2D eigenvalue weighted by molar-refractivity contribution is 0.174. The number of nitrogens with one attached hydrogen (secondary N) is 2. The number of carbonyl (C=O) groups excluding carboxylic acids is 1. The summed E-state index contributed by atoms with van der Waals surface area (Å²) in [6.45, 7) is 3.89. The number of sulfonamides is 1. The van der Waals surface area contributed by atoms with Gasteiger partial charge in [-0.15, -0.1) is 0 Å². The molecule has 0 atom stereocenters. The Balaban J connectivity index is 1.65. The van der Waals surface area contributed by atoms with Crippen LogP contribution in [0.3, 0.4) is 0 Å². The molecule has 0 unspecified atom stereocenters. The Morgan fingerprint density at radius 1 is 1.21 bits per heavy atom. The molecule has 0 aromatic rings. The fourth-order valence-corrected chi connectivity index (χ4v) is 3.36. The number of amides is 2. The van der Waals surface area contributed by atoms with Crippen LogP contribution in [0.1, 0.15) is 32.6 Å². The average molecular weight is 289 g/mol. The maximum absolute atomic E-state index is 11.8. The van der Waals surface area contributed by atoms with Crippen molar-refractivity contribution in [1.29, 1.82) is 0 Å². The summed E-state index contributed by atoms with van der Waals surface area (Å²) in [5, 5.41) is 2.68. The first kappa shape index (κ1) is 14.6. The van der Waals surface area contributed by atoms with Gasteiger partial charge in [0.05, 0.1) is 5.75 Å². The Hall–Kier alpha value is -0.820. The van der Waals surface area contributed by atoms with Crippen molar-refractivity contribution in [2.45, 2.75) is 38.6 Å². The highest BCUT2D eigenvalue weighted by Gasteiger charge is 2.27. The van der Waals surface area contributed by atoms with Crippen molar-refractivity contribution < 1.29 is 13.2 Å². The molecule has 1 aliphatic heterocycles. The fraction of sp³-hybridized carbons (Fsp3) is 0.917. The number of likely N-dealkylation sites (tertiary alicyclic amines) is 1. The monoisotopic (exact) mass is 289 g/mol. The molecule has 2 amide bonds. The van der Waals surface area contributed by atoms with Gasteiger partial charge in [0.25, 0.3) is 0 Å². The maximum atomic E-state index is 11.8. The van der Waals surface area contributed by atoms with E-state index in [-0.39, 0.29) is 24.4 Å². The van der Waals surface area contributed by atoms with Crippen molar-refractivity contribution in [3.8, 4) is 0 Å². The van der Waals surface area contributed by atoms with Gasteiger partial charge in [-0.05, 0) is 31.6 Å². The van der Waals surface area contributed by atoms with Crippen LogP contribution in [0, 0.1) is 5.92 Å². The number of urea groups is 1. The Labute approximate surface area is 115 Å². The molecule has 2 fully saturated rings. The lowest BCUT2D eigenvalue weighted by Crippen LogP contribution is -2.46. The van der Waals surface area contributed by atoms with Gasteiger partial charge < -0.3 is 10.2 Å². The zero-order valence-corrected chi connectivity index (χ0v) is 12.2. The third kappa shape index (κ3) is 4.99. The van der Waals surface area contributed by atoms with Crippen LogP contribution in [0.5, 0.6) is 0 Å². The minimum absolute atomic E-state index is 0.0422. The van der Waals surface area contributed by atoms with Crippen molar-refractivity contribution >= 4 is 16.1 Å². The van der Waals surface area contributed by atoms with Gasteiger partial charge in [-0.1, -0.05) is 6.92 Å². The zero-order valence-electron chi connectivity index (χ0n) is 11.4. The highest BCUT2D eigenvalue weighted by Crippen LogP contribution is 2.19. The predicted molar refractivity (Wildman–Crippen MR) is 73.3 cm³/mol. The summed E-state index contributed by atoms with van der Waals surface area (Å²) in [7, 11) is -3.24. The summed E-state index contributed by atoms with van der Waals surface area (Å²) < 4.78 is 25.8. The molecule has 2 aliphatic rings. The Morgan fingerprint density at radius 3 is 2.42 bits per heavy atom. The summed E-state index contributed by atoms with van der Waals surface area (Å²) in [5.41, 5.74) is 0. The Kier molecular flexibility index (Phi) is 4.67. The summed E-state index contributed by atoms with van der Waals surface area (Å²) in [5.74, 6) is 0.631. The molecule has 19 heavy (non-hydrogen) atoms. The predicted octanol–water partition coefficient (Wildman–Crippen LogP) is 0.510. The SMILES string of the molecule is CC1CCN(C(=O)NCCS(=O)(=O)NC2CC2)CC1. The lowest BCUT2D eigenvalue weighted by atomic mass is 10.00. The van der Waals surface area contributed by atoms with E-state index in [4.69, 9.17) is 0 Å². The minimum atomic E-state index is -3.24. The van der Waals surface area contributed by atoms with Gasteiger partial charge in [-0.2, -0.15) is 0 Å². The van der Waals surface area contributed by atoms with Gasteiger partial charge in [0.1, 0.15) is 0 Å². The zero-order chi connectivity index (χ0) is 13.9. The summed E-state index contributed by atoms with van der Waals surface area (Å²) in [6.07, 6.45) is 3.90. The minimum Gasteiger partial charge on any atom is -0.337 e. The van der Waals surface area contributed by atoms with Crippen LogP contribution in [-0.2, 0) is 10.0 Å². The molecule has 0 radical (unpaired) electrons. The third-order valence-electron chi connectivity index (χ3n) is 3.64. The molecule has 1 aliphatic carbocycles. The van der Waals surface area contributed by atoms with Crippen molar-refractivity contribution in [3.63, 3.8) is 0 Å². The molecular formula is C12H23N3O3S. The Morgan fingerprint density at radius 2 is 1.84 bits per heavy atom. The molecule has 0 aromatic heterocycles. The van der Waals surface area contributed by atoms with Gasteiger partial charge >= 0.3 is 6.03 Å². The van der Waals surface area contributed by atoms with Crippen molar-refractivity contribution in [1.82, 2.24) is 14.9 Å². The van der Waals surface area contributed by atoms with E-state index in [1.54, 1.807) is 4.90 Å². The van der Waals surface area contributed by atoms with Gasteiger partial charge in [-0.25, -0.2) is 17.9 Å². The molecule has 1 saturated heterocycles. The Bertz CT molecular complexity index is 412. The van der Waals surface area contributed by atoms with E-state index in [1.165, 1.54) is 0 Å². The molecule has 0 aromatic carbocycles. The van der Waals surface area contributed by atoms with E-state index >= 15 is 0 Å². The number of carbonyl (C=O) groups is 1. The molecule has 1 heterocycles. The molecular weight excluding hydrogens is 266 g/mol. The number of nitrogens with zero attached hydrogens (tertiary/aromatic N) is 1. The highest BCUT2D eigenvalue weighted by atomic mass is 32.2. The third-order valence-corrected chi connectivity index (χ3v) is 5.08. The van der Waals surface area contributed by atoms with Crippen molar-refractivity contribution in [3.05, 3.63) is 0 Å². The van der Waals surface area contributed by atoms with Crippen LogP contribution in [0.4, 0.5) is 4.79 Å². The van der Waals surface area contributed by atoms with E-state index in [0.717, 1.165) is 38.8 Å². The van der Waals surface area contributed by atoms with Gasteiger partial charge in [0.15, 0.2) is 0 Å². The standard InChI is InChI=1S/C12H23N3O3S/c1-10-4-7-15(8-5-10)12(16)13-6-9-19(17,18)14-11-2-3-11/h10-11,14H,2-9H2,1H3,(H,13,16). The van der Waals surface area contributed by atoms with Gasteiger partial charge in [-0.3, -0.25) is 0 Å². The molecule has 2 N–H and O–H groups in total. The molecule has 0 spiro atoms. The molecule has 110 valence electrons. The van der Waals surface area contributed by atoms with Crippen molar-refractivity contribution in [2.75, 3.05) is 25.4 Å². The van der Waals surface area contributed by atoms with E-state index < -0.39 is 10.0 Å². The lowest BCUT2D eigenvalue weighted by Gasteiger charge is -2.30. The number of piperidine rings is 1. The first-order valence-corrected chi connectivity index (χ1v) is 8.64. The van der Waals surface area contributed by atoms with E-state index in [2.05, 4.69) is 17.0 Å². The van der Waals surface area contributed by atoms with Gasteiger partial charge in [0.2, 0.25) is 10.0 Å². The second kappa shape index (κ2) is 6.09. The van der Waals surface area contributed by atoms with Crippen LogP contribution in [0.2, 0.25) is 0 Å². The van der Waals surface area contributed by atoms with Gasteiger partial charge in [0, 0.05) is 25.7 Å². The second-order valence-electron chi connectivity index (χ2n) is 5.61. The smallest absolute Gasteiger partial charge is 0.317 e. The van der Waals surface area contributed by atoms with E-state index in [1.807, 2.05) is 0 Å². The summed E-state index contributed by atoms with van der Waals surface area (Å²) in [6, 6.07) is -0.0159. The quantitative estimate of drug-likeness (QED) is 0.774. The van der Waals surface area contributed by atoms with E-state index in [0.29, 0.717) is 5.92 Å². The normalized spacial score (nSPS) is 21.4. The molecule has 1 saturated carbocycles. The molecule has 0 bridgehead atoms. The van der Waals surface area contributed by atoms with E-state index in [9.17, 15) is 13.2 Å². The van der Waals surface area contributed by atoms with Crippen molar-refractivity contribution in [2.24, 2.45) is 5.92 Å². The largest absolute Gasteiger partial charge is 0.337 e. The topological polar surface area (TPSA) is 78.5 Å². The van der Waals surface area contributed by atoms with Crippen LogP contribution in [-0.4, -0.2) is 50.8 Å². The molecule has 6 nitrogen and oxygen atoms in total.